The van der Waals surface area contributed by atoms with E-state index in [2.05, 4.69) is 33.4 Å². The minimum Gasteiger partial charge on any atom is -0.457 e. The lowest BCUT2D eigenvalue weighted by Gasteiger charge is -2.15. The highest BCUT2D eigenvalue weighted by atomic mass is 79.9. The van der Waals surface area contributed by atoms with E-state index >= 15 is 0 Å². The van der Waals surface area contributed by atoms with Gasteiger partial charge in [-0.3, -0.25) is 0 Å². The topological polar surface area (TPSA) is 25.2 Å². The minimum atomic E-state index is 0.166. The van der Waals surface area contributed by atoms with E-state index in [0.717, 1.165) is 10.2 Å². The summed E-state index contributed by atoms with van der Waals surface area (Å²) in [4.78, 5) is 0. The molecular weight excluding hydrogens is 254 g/mol. The monoisotopic (exact) mass is 265 g/mol. The molecule has 0 spiro atoms. The molecule has 0 aliphatic carbocycles. The molecule has 3 heteroatoms. The van der Waals surface area contributed by atoms with Gasteiger partial charge in [-0.05, 0) is 34.6 Å². The summed E-state index contributed by atoms with van der Waals surface area (Å²) in [5.41, 5.74) is 2.34. The van der Waals surface area contributed by atoms with E-state index in [1.807, 2.05) is 31.3 Å². The highest BCUT2D eigenvalue weighted by molar-refractivity contribution is 9.10. The first kappa shape index (κ1) is 10.5. The molecule has 0 radical (unpaired) electrons. The predicted molar refractivity (Wildman–Crippen MR) is 63.8 cm³/mol. The van der Waals surface area contributed by atoms with Gasteiger partial charge in [0.15, 0.2) is 4.67 Å². The molecule has 0 amide bonds. The van der Waals surface area contributed by atoms with Crippen LogP contribution in [0.4, 0.5) is 0 Å². The summed E-state index contributed by atoms with van der Waals surface area (Å²) in [5, 5.41) is 3.27. The highest BCUT2D eigenvalue weighted by Crippen LogP contribution is 2.28. The van der Waals surface area contributed by atoms with Crippen LogP contribution < -0.4 is 5.32 Å². The Kier molecular flexibility index (Phi) is 3.23. The fraction of sp³-hybridized carbons (Fsp3) is 0.167. The van der Waals surface area contributed by atoms with Gasteiger partial charge in [0.25, 0.3) is 0 Å². The number of halogens is 1. The van der Waals surface area contributed by atoms with Gasteiger partial charge in [0.2, 0.25) is 0 Å². The molecule has 0 saturated carbocycles. The van der Waals surface area contributed by atoms with Crippen molar-refractivity contribution >= 4 is 15.9 Å². The van der Waals surface area contributed by atoms with Crippen molar-refractivity contribution in [2.75, 3.05) is 7.05 Å². The summed E-state index contributed by atoms with van der Waals surface area (Å²) in [7, 11) is 1.94. The van der Waals surface area contributed by atoms with E-state index in [-0.39, 0.29) is 6.04 Å². The Morgan fingerprint density at radius 1 is 1.20 bits per heavy atom. The van der Waals surface area contributed by atoms with Crippen LogP contribution in [0.3, 0.4) is 0 Å². The van der Waals surface area contributed by atoms with Gasteiger partial charge in [0, 0.05) is 5.56 Å². The van der Waals surface area contributed by atoms with E-state index in [9.17, 15) is 0 Å². The largest absolute Gasteiger partial charge is 0.457 e. The summed E-state index contributed by atoms with van der Waals surface area (Å²) in [6, 6.07) is 12.4. The Hall–Kier alpha value is -1.06. The van der Waals surface area contributed by atoms with Crippen LogP contribution in [0.15, 0.2) is 51.7 Å². The molecule has 0 aliphatic heterocycles. The normalized spacial score (nSPS) is 12.7. The van der Waals surface area contributed by atoms with Crippen molar-refractivity contribution in [3.63, 3.8) is 0 Å². The lowest BCUT2D eigenvalue weighted by atomic mass is 10.0. The van der Waals surface area contributed by atoms with Gasteiger partial charge in [-0.25, -0.2) is 0 Å². The van der Waals surface area contributed by atoms with Crippen molar-refractivity contribution in [3.05, 3.63) is 58.5 Å². The predicted octanol–water partition coefficient (Wildman–Crippen LogP) is 3.35. The number of furan rings is 1. The lowest BCUT2D eigenvalue weighted by molar-refractivity contribution is 0.530. The standard InChI is InChI=1S/C12H12BrNO/c1-14-11(9-5-3-2-4-6-9)10-7-8-15-12(10)13/h2-8,11,14H,1H3. The van der Waals surface area contributed by atoms with Crippen LogP contribution in [0.1, 0.15) is 17.2 Å². The smallest absolute Gasteiger partial charge is 0.174 e. The second kappa shape index (κ2) is 4.64. The first-order valence-electron chi connectivity index (χ1n) is 4.78. The first-order chi connectivity index (χ1) is 7.33. The van der Waals surface area contributed by atoms with Crippen LogP contribution in [-0.4, -0.2) is 7.05 Å². The van der Waals surface area contributed by atoms with Gasteiger partial charge in [-0.2, -0.15) is 0 Å². The Morgan fingerprint density at radius 3 is 2.47 bits per heavy atom. The average molecular weight is 266 g/mol. The molecule has 2 nitrogen and oxygen atoms in total. The van der Waals surface area contributed by atoms with E-state index in [4.69, 9.17) is 4.42 Å². The Morgan fingerprint density at radius 2 is 1.93 bits per heavy atom. The van der Waals surface area contributed by atoms with Gasteiger partial charge in [0.1, 0.15) is 0 Å². The van der Waals surface area contributed by atoms with Crippen LogP contribution in [0.5, 0.6) is 0 Å². The summed E-state index contributed by atoms with van der Waals surface area (Å²) in [6.07, 6.45) is 1.69. The van der Waals surface area contributed by atoms with E-state index < -0.39 is 0 Å². The van der Waals surface area contributed by atoms with E-state index in [0.29, 0.717) is 0 Å². The Balaban J connectivity index is 2.37. The van der Waals surface area contributed by atoms with Crippen molar-refractivity contribution in [2.24, 2.45) is 0 Å². The maximum Gasteiger partial charge on any atom is 0.174 e. The Labute approximate surface area is 97.4 Å². The molecule has 0 saturated heterocycles. The van der Waals surface area contributed by atoms with Crippen LogP contribution in [0.2, 0.25) is 0 Å². The van der Waals surface area contributed by atoms with Gasteiger partial charge in [-0.15, -0.1) is 0 Å². The van der Waals surface area contributed by atoms with Crippen LogP contribution >= 0.6 is 15.9 Å². The molecule has 15 heavy (non-hydrogen) atoms. The summed E-state index contributed by atoms with van der Waals surface area (Å²) in [5.74, 6) is 0. The average Bonchev–Trinajstić information content (AvgIpc) is 2.68. The minimum absolute atomic E-state index is 0.166. The Bertz CT molecular complexity index is 424. The maximum atomic E-state index is 5.25. The molecule has 0 fully saturated rings. The maximum absolute atomic E-state index is 5.25. The van der Waals surface area contributed by atoms with Crippen molar-refractivity contribution < 1.29 is 4.42 Å². The number of nitrogens with one attached hydrogen (secondary N) is 1. The zero-order valence-electron chi connectivity index (χ0n) is 8.41. The molecular formula is C12H12BrNO. The van der Waals surface area contributed by atoms with Crippen molar-refractivity contribution in [3.8, 4) is 0 Å². The zero-order chi connectivity index (χ0) is 10.7. The number of hydrogen-bond donors (Lipinski definition) is 1. The molecule has 78 valence electrons. The molecule has 1 unspecified atom stereocenters. The number of rotatable bonds is 3. The molecule has 2 rings (SSSR count). The van der Waals surface area contributed by atoms with Crippen LogP contribution in [-0.2, 0) is 0 Å². The fourth-order valence-electron chi connectivity index (χ4n) is 1.66. The molecule has 1 aromatic carbocycles. The van der Waals surface area contributed by atoms with Gasteiger partial charge < -0.3 is 9.73 Å². The zero-order valence-corrected chi connectivity index (χ0v) is 9.99. The van der Waals surface area contributed by atoms with Crippen molar-refractivity contribution in [2.45, 2.75) is 6.04 Å². The lowest BCUT2D eigenvalue weighted by Crippen LogP contribution is -2.17. The summed E-state index contributed by atoms with van der Waals surface area (Å²) in [6.45, 7) is 0. The molecule has 1 atom stereocenters. The van der Waals surface area contributed by atoms with Gasteiger partial charge in [-0.1, -0.05) is 30.3 Å². The molecule has 2 aromatic rings. The second-order valence-electron chi connectivity index (χ2n) is 3.28. The van der Waals surface area contributed by atoms with Gasteiger partial charge in [0.05, 0.1) is 12.3 Å². The van der Waals surface area contributed by atoms with E-state index in [1.165, 1.54) is 5.56 Å². The first-order valence-corrected chi connectivity index (χ1v) is 5.57. The van der Waals surface area contributed by atoms with E-state index in [1.54, 1.807) is 6.26 Å². The van der Waals surface area contributed by atoms with Gasteiger partial charge >= 0.3 is 0 Å². The number of hydrogen-bond acceptors (Lipinski definition) is 2. The molecule has 0 aliphatic rings. The van der Waals surface area contributed by atoms with Crippen molar-refractivity contribution in [1.29, 1.82) is 0 Å². The van der Waals surface area contributed by atoms with Crippen LogP contribution in [0.25, 0.3) is 0 Å². The fourth-order valence-corrected chi connectivity index (χ4v) is 2.13. The highest BCUT2D eigenvalue weighted by Gasteiger charge is 2.16. The summed E-state index contributed by atoms with van der Waals surface area (Å²) < 4.78 is 6.03. The van der Waals surface area contributed by atoms with Crippen LogP contribution in [0, 0.1) is 0 Å². The molecule has 0 bridgehead atoms. The molecule has 1 aromatic heterocycles. The third kappa shape index (κ3) is 2.13. The third-order valence-corrected chi connectivity index (χ3v) is 3.02. The molecule has 1 heterocycles. The third-order valence-electron chi connectivity index (χ3n) is 2.38. The number of benzene rings is 1. The molecule has 1 N–H and O–H groups in total. The van der Waals surface area contributed by atoms with Crippen molar-refractivity contribution in [1.82, 2.24) is 5.32 Å². The summed E-state index contributed by atoms with van der Waals surface area (Å²) >= 11 is 3.40. The quantitative estimate of drug-likeness (QED) is 0.921. The second-order valence-corrected chi connectivity index (χ2v) is 4.00. The SMILES string of the molecule is CNC(c1ccccc1)c1ccoc1Br.